The third-order valence-corrected chi connectivity index (χ3v) is 4.51. The average molecular weight is 450 g/mol. The molecule has 0 saturated heterocycles. The summed E-state index contributed by atoms with van der Waals surface area (Å²) in [5.74, 6) is 1.11. The minimum atomic E-state index is -0.285. The maximum Gasteiger partial charge on any atom is 0.257 e. The number of amides is 2. The van der Waals surface area contributed by atoms with Crippen molar-refractivity contribution in [2.24, 2.45) is 0 Å². The predicted molar refractivity (Wildman–Crippen MR) is 125 cm³/mol. The van der Waals surface area contributed by atoms with Gasteiger partial charge in [-0.15, -0.1) is 0 Å². The molecule has 0 aliphatic rings. The van der Waals surface area contributed by atoms with E-state index in [0.717, 1.165) is 5.56 Å². The molecule has 0 aliphatic heterocycles. The lowest BCUT2D eigenvalue weighted by Crippen LogP contribution is -2.28. The second-order valence-corrected chi connectivity index (χ2v) is 6.96. The molecule has 172 valence electrons. The van der Waals surface area contributed by atoms with Crippen LogP contribution in [0, 0.1) is 0 Å². The molecule has 33 heavy (non-hydrogen) atoms. The molecular formula is C25H27N3O5. The van der Waals surface area contributed by atoms with E-state index in [2.05, 4.69) is 15.6 Å². The van der Waals surface area contributed by atoms with Gasteiger partial charge in [-0.05, 0) is 74.0 Å². The number of ether oxygens (including phenoxy) is 3. The molecule has 0 saturated carbocycles. The van der Waals surface area contributed by atoms with Crippen molar-refractivity contribution in [3.63, 3.8) is 0 Å². The van der Waals surface area contributed by atoms with Crippen molar-refractivity contribution in [1.82, 2.24) is 10.3 Å². The van der Waals surface area contributed by atoms with E-state index in [1.54, 1.807) is 54.9 Å². The maximum absolute atomic E-state index is 12.7. The van der Waals surface area contributed by atoms with Crippen LogP contribution in [0.3, 0.4) is 0 Å². The van der Waals surface area contributed by atoms with Gasteiger partial charge < -0.3 is 24.8 Å². The molecule has 1 heterocycles. The van der Waals surface area contributed by atoms with Gasteiger partial charge in [-0.25, -0.2) is 0 Å². The molecule has 0 unspecified atom stereocenters. The van der Waals surface area contributed by atoms with Gasteiger partial charge in [0.05, 0.1) is 6.61 Å². The molecule has 8 heteroatoms. The van der Waals surface area contributed by atoms with Crippen LogP contribution in [0.25, 0.3) is 0 Å². The van der Waals surface area contributed by atoms with Crippen molar-refractivity contribution in [2.75, 3.05) is 25.1 Å². The molecular weight excluding hydrogens is 422 g/mol. The van der Waals surface area contributed by atoms with E-state index in [1.807, 2.05) is 26.0 Å². The van der Waals surface area contributed by atoms with Crippen molar-refractivity contribution >= 4 is 17.5 Å². The normalized spacial score (nSPS) is 10.2. The number of likely N-dealkylation sites (N-methyl/N-ethyl adjacent to an activating group) is 1. The number of carbonyl (C=O) groups excluding carboxylic acids is 2. The van der Waals surface area contributed by atoms with E-state index in [-0.39, 0.29) is 18.4 Å². The first-order valence-corrected chi connectivity index (χ1v) is 10.7. The monoisotopic (exact) mass is 449 g/mol. The van der Waals surface area contributed by atoms with Crippen LogP contribution in [0.1, 0.15) is 29.8 Å². The van der Waals surface area contributed by atoms with Crippen molar-refractivity contribution in [2.45, 2.75) is 20.5 Å². The van der Waals surface area contributed by atoms with Gasteiger partial charge in [-0.1, -0.05) is 0 Å². The van der Waals surface area contributed by atoms with Crippen LogP contribution in [-0.4, -0.2) is 36.6 Å². The predicted octanol–water partition coefficient (Wildman–Crippen LogP) is 3.83. The highest BCUT2D eigenvalue weighted by atomic mass is 16.5. The number of benzene rings is 2. The van der Waals surface area contributed by atoms with Crippen LogP contribution in [0.5, 0.6) is 17.2 Å². The Bertz CT molecular complexity index is 1060. The summed E-state index contributed by atoms with van der Waals surface area (Å²) >= 11 is 0. The first kappa shape index (κ1) is 23.6. The van der Waals surface area contributed by atoms with Gasteiger partial charge in [-0.2, -0.15) is 0 Å². The Kier molecular flexibility index (Phi) is 8.64. The Hall–Kier alpha value is -4.07. The smallest absolute Gasteiger partial charge is 0.257 e. The number of nitrogens with one attached hydrogen (secondary N) is 2. The highest BCUT2D eigenvalue weighted by molar-refractivity contribution is 6.04. The Balaban J connectivity index is 1.61. The summed E-state index contributed by atoms with van der Waals surface area (Å²) < 4.78 is 17.0. The molecule has 3 rings (SSSR count). The number of rotatable bonds is 11. The second kappa shape index (κ2) is 12.1. The van der Waals surface area contributed by atoms with E-state index in [1.165, 1.54) is 0 Å². The van der Waals surface area contributed by atoms with Crippen LogP contribution in [0.4, 0.5) is 5.69 Å². The Morgan fingerprint density at radius 2 is 1.64 bits per heavy atom. The lowest BCUT2D eigenvalue weighted by molar-refractivity contribution is -0.122. The van der Waals surface area contributed by atoms with Crippen molar-refractivity contribution in [3.8, 4) is 17.2 Å². The van der Waals surface area contributed by atoms with Gasteiger partial charge in [-0.3, -0.25) is 14.6 Å². The van der Waals surface area contributed by atoms with Crippen LogP contribution in [-0.2, 0) is 11.4 Å². The zero-order valence-electron chi connectivity index (χ0n) is 18.7. The number of pyridine rings is 1. The van der Waals surface area contributed by atoms with Crippen molar-refractivity contribution in [1.29, 1.82) is 0 Å². The average Bonchev–Trinajstić information content (AvgIpc) is 2.84. The fraction of sp³-hybridized carbons (Fsp3) is 0.240. The highest BCUT2D eigenvalue weighted by Gasteiger charge is 2.13. The number of hydrogen-bond donors (Lipinski definition) is 2. The third-order valence-electron chi connectivity index (χ3n) is 4.51. The summed E-state index contributed by atoms with van der Waals surface area (Å²) in [6, 6.07) is 15.6. The first-order valence-electron chi connectivity index (χ1n) is 10.7. The van der Waals surface area contributed by atoms with Crippen molar-refractivity contribution in [3.05, 3.63) is 78.1 Å². The number of anilines is 1. The number of nitrogens with zero attached hydrogens (tertiary/aromatic N) is 1. The topological polar surface area (TPSA) is 98.8 Å². The van der Waals surface area contributed by atoms with Crippen molar-refractivity contribution < 1.29 is 23.8 Å². The maximum atomic E-state index is 12.7. The zero-order valence-corrected chi connectivity index (χ0v) is 18.7. The fourth-order valence-corrected chi connectivity index (χ4v) is 2.91. The molecule has 0 bridgehead atoms. The lowest BCUT2D eigenvalue weighted by atomic mass is 10.1. The number of hydrogen-bond acceptors (Lipinski definition) is 6. The molecule has 2 N–H and O–H groups in total. The summed E-state index contributed by atoms with van der Waals surface area (Å²) in [6.07, 6.45) is 3.41. The number of aromatic nitrogens is 1. The van der Waals surface area contributed by atoms with Crippen LogP contribution >= 0.6 is 0 Å². The number of carbonyl (C=O) groups is 2. The van der Waals surface area contributed by atoms with E-state index in [4.69, 9.17) is 14.2 Å². The van der Waals surface area contributed by atoms with E-state index >= 15 is 0 Å². The lowest BCUT2D eigenvalue weighted by Gasteiger charge is -2.14. The van der Waals surface area contributed by atoms with Gasteiger partial charge in [0.25, 0.3) is 11.8 Å². The summed E-state index contributed by atoms with van der Waals surface area (Å²) in [4.78, 5) is 28.2. The Morgan fingerprint density at radius 3 is 2.33 bits per heavy atom. The van der Waals surface area contributed by atoms with Gasteiger partial charge in [0, 0.05) is 30.2 Å². The fourth-order valence-electron chi connectivity index (χ4n) is 2.91. The SMILES string of the molecule is CCNC(=O)COc1ccc(NC(=O)c2ccc(OCc3ccncc3)c(OCC)c2)cc1. The molecule has 2 amide bonds. The molecule has 2 aromatic carbocycles. The minimum absolute atomic E-state index is 0.0602. The summed E-state index contributed by atoms with van der Waals surface area (Å²) in [6.45, 7) is 5.01. The Morgan fingerprint density at radius 1 is 0.879 bits per heavy atom. The summed E-state index contributed by atoms with van der Waals surface area (Å²) in [7, 11) is 0. The van der Waals surface area contributed by atoms with Crippen LogP contribution in [0.2, 0.25) is 0 Å². The van der Waals surface area contributed by atoms with Gasteiger partial charge in [0.1, 0.15) is 12.4 Å². The van der Waals surface area contributed by atoms with Crippen LogP contribution in [0.15, 0.2) is 67.0 Å². The standard InChI is InChI=1S/C25H27N3O5/c1-3-27-24(29)17-32-21-8-6-20(7-9-21)28-25(30)19-5-10-22(23(15-19)31-4-2)33-16-18-11-13-26-14-12-18/h5-15H,3-4,16-17H2,1-2H3,(H,27,29)(H,28,30). The second-order valence-electron chi connectivity index (χ2n) is 6.96. The van der Waals surface area contributed by atoms with Gasteiger partial charge >= 0.3 is 0 Å². The third kappa shape index (κ3) is 7.24. The summed E-state index contributed by atoms with van der Waals surface area (Å²) in [5.41, 5.74) is 2.01. The molecule has 0 spiro atoms. The molecule has 0 fully saturated rings. The first-order chi connectivity index (χ1) is 16.1. The quantitative estimate of drug-likeness (QED) is 0.462. The molecule has 1 aromatic heterocycles. The van der Waals surface area contributed by atoms with Gasteiger partial charge in [0.2, 0.25) is 0 Å². The minimum Gasteiger partial charge on any atom is -0.490 e. The molecule has 3 aromatic rings. The van der Waals surface area contributed by atoms with E-state index in [0.29, 0.717) is 48.3 Å². The van der Waals surface area contributed by atoms with E-state index in [9.17, 15) is 9.59 Å². The summed E-state index contributed by atoms with van der Waals surface area (Å²) in [5, 5.41) is 5.50. The van der Waals surface area contributed by atoms with Crippen LogP contribution < -0.4 is 24.8 Å². The largest absolute Gasteiger partial charge is 0.490 e. The Labute approximate surface area is 192 Å². The molecule has 0 aliphatic carbocycles. The molecule has 8 nitrogen and oxygen atoms in total. The van der Waals surface area contributed by atoms with E-state index < -0.39 is 0 Å². The highest BCUT2D eigenvalue weighted by Crippen LogP contribution is 2.30. The zero-order chi connectivity index (χ0) is 23.5. The molecule has 0 atom stereocenters. The van der Waals surface area contributed by atoms with Gasteiger partial charge in [0.15, 0.2) is 18.1 Å². The molecule has 0 radical (unpaired) electrons.